The van der Waals surface area contributed by atoms with Crippen molar-refractivity contribution in [3.63, 3.8) is 0 Å². The van der Waals surface area contributed by atoms with Gasteiger partial charge in [0, 0.05) is 32.6 Å². The van der Waals surface area contributed by atoms with Crippen LogP contribution in [-0.4, -0.2) is 42.6 Å². The lowest BCUT2D eigenvalue weighted by molar-refractivity contribution is 0.0816. The highest BCUT2D eigenvalue weighted by Crippen LogP contribution is 2.17. The molecule has 1 aliphatic heterocycles. The minimum absolute atomic E-state index is 0.352. The Balaban J connectivity index is 1.99. The van der Waals surface area contributed by atoms with E-state index in [1.54, 1.807) is 19.5 Å². The Morgan fingerprint density at radius 1 is 1.38 bits per heavy atom. The van der Waals surface area contributed by atoms with E-state index in [9.17, 15) is 4.79 Å². The summed E-state index contributed by atoms with van der Waals surface area (Å²) in [7, 11) is 1.75. The molecule has 0 radical (unpaired) electrons. The highest BCUT2D eigenvalue weighted by Gasteiger charge is 2.20. The van der Waals surface area contributed by atoms with Crippen LogP contribution in [0.4, 0.5) is 5.95 Å². The summed E-state index contributed by atoms with van der Waals surface area (Å²) in [6.07, 6.45) is 6.20. The van der Waals surface area contributed by atoms with E-state index in [1.165, 1.54) is 0 Å². The van der Waals surface area contributed by atoms with Crippen LogP contribution in [0.1, 0.15) is 23.2 Å². The molecule has 86 valence electrons. The lowest BCUT2D eigenvalue weighted by Crippen LogP contribution is -2.37. The SMILES string of the molecule is COC1CCN(c2ncc(C=O)cn2)CC1. The predicted octanol–water partition coefficient (Wildman–Crippen LogP) is 0.904. The smallest absolute Gasteiger partial charge is 0.225 e. The van der Waals surface area contributed by atoms with Crippen molar-refractivity contribution in [2.45, 2.75) is 18.9 Å². The fourth-order valence-electron chi connectivity index (χ4n) is 1.85. The van der Waals surface area contributed by atoms with E-state index < -0.39 is 0 Å². The van der Waals surface area contributed by atoms with E-state index in [2.05, 4.69) is 14.9 Å². The van der Waals surface area contributed by atoms with E-state index in [1.807, 2.05) is 0 Å². The monoisotopic (exact) mass is 221 g/mol. The van der Waals surface area contributed by atoms with Gasteiger partial charge < -0.3 is 9.64 Å². The molecule has 0 bridgehead atoms. The fraction of sp³-hybridized carbons (Fsp3) is 0.545. The van der Waals surface area contributed by atoms with Crippen molar-refractivity contribution >= 4 is 12.2 Å². The number of piperidine rings is 1. The van der Waals surface area contributed by atoms with Crippen LogP contribution < -0.4 is 4.90 Å². The van der Waals surface area contributed by atoms with Crippen LogP contribution in [0.5, 0.6) is 0 Å². The molecule has 0 unspecified atom stereocenters. The molecule has 5 nitrogen and oxygen atoms in total. The number of hydrogen-bond acceptors (Lipinski definition) is 5. The molecule has 5 heteroatoms. The minimum atomic E-state index is 0.352. The third kappa shape index (κ3) is 2.36. The van der Waals surface area contributed by atoms with Crippen LogP contribution in [0, 0.1) is 0 Å². The van der Waals surface area contributed by atoms with Crippen LogP contribution in [-0.2, 0) is 4.74 Å². The van der Waals surface area contributed by atoms with Crippen LogP contribution in [0.2, 0.25) is 0 Å². The van der Waals surface area contributed by atoms with E-state index in [-0.39, 0.29) is 0 Å². The number of nitrogens with zero attached hydrogens (tertiary/aromatic N) is 3. The highest BCUT2D eigenvalue weighted by molar-refractivity contribution is 5.73. The van der Waals surface area contributed by atoms with Crippen LogP contribution in [0.3, 0.4) is 0 Å². The topological polar surface area (TPSA) is 55.3 Å². The number of rotatable bonds is 3. The first kappa shape index (κ1) is 11.0. The summed E-state index contributed by atoms with van der Waals surface area (Å²) in [5.41, 5.74) is 0.510. The summed E-state index contributed by atoms with van der Waals surface area (Å²) in [6.45, 7) is 1.80. The van der Waals surface area contributed by atoms with E-state index >= 15 is 0 Å². The zero-order valence-electron chi connectivity index (χ0n) is 9.30. The Bertz CT molecular complexity index is 345. The van der Waals surface area contributed by atoms with Crippen molar-refractivity contribution in [1.29, 1.82) is 0 Å². The van der Waals surface area contributed by atoms with Gasteiger partial charge in [0.05, 0.1) is 11.7 Å². The first-order valence-electron chi connectivity index (χ1n) is 5.38. The van der Waals surface area contributed by atoms with Gasteiger partial charge in [-0.25, -0.2) is 9.97 Å². The molecule has 0 aromatic carbocycles. The normalized spacial score (nSPS) is 17.4. The number of methoxy groups -OCH3 is 1. The number of aldehydes is 1. The van der Waals surface area contributed by atoms with E-state index in [0.29, 0.717) is 17.6 Å². The lowest BCUT2D eigenvalue weighted by Gasteiger charge is -2.31. The Morgan fingerprint density at radius 2 is 2.00 bits per heavy atom. The summed E-state index contributed by atoms with van der Waals surface area (Å²) in [4.78, 5) is 20.9. The molecule has 2 heterocycles. The van der Waals surface area contributed by atoms with Crippen molar-refractivity contribution in [2.75, 3.05) is 25.1 Å². The summed E-state index contributed by atoms with van der Waals surface area (Å²) < 4.78 is 5.30. The number of anilines is 1. The Morgan fingerprint density at radius 3 is 2.50 bits per heavy atom. The first-order chi connectivity index (χ1) is 7.83. The zero-order chi connectivity index (χ0) is 11.4. The highest BCUT2D eigenvalue weighted by atomic mass is 16.5. The minimum Gasteiger partial charge on any atom is -0.381 e. The van der Waals surface area contributed by atoms with Gasteiger partial charge in [0.15, 0.2) is 6.29 Å². The molecule has 0 amide bonds. The van der Waals surface area contributed by atoms with Crippen molar-refractivity contribution in [3.8, 4) is 0 Å². The fourth-order valence-corrected chi connectivity index (χ4v) is 1.85. The third-order valence-corrected chi connectivity index (χ3v) is 2.85. The number of aromatic nitrogens is 2. The second-order valence-corrected chi connectivity index (χ2v) is 3.86. The van der Waals surface area contributed by atoms with Crippen molar-refractivity contribution in [1.82, 2.24) is 9.97 Å². The van der Waals surface area contributed by atoms with Crippen molar-refractivity contribution in [3.05, 3.63) is 18.0 Å². The van der Waals surface area contributed by atoms with E-state index in [0.717, 1.165) is 32.2 Å². The third-order valence-electron chi connectivity index (χ3n) is 2.85. The number of ether oxygens (including phenoxy) is 1. The number of carbonyl (C=O) groups excluding carboxylic acids is 1. The van der Waals surface area contributed by atoms with Gasteiger partial charge in [0.1, 0.15) is 0 Å². The van der Waals surface area contributed by atoms with Gasteiger partial charge in [0.25, 0.3) is 0 Å². The van der Waals surface area contributed by atoms with Crippen LogP contribution >= 0.6 is 0 Å². The van der Waals surface area contributed by atoms with Gasteiger partial charge >= 0.3 is 0 Å². The quantitative estimate of drug-likeness (QED) is 0.710. The summed E-state index contributed by atoms with van der Waals surface area (Å²) in [6, 6.07) is 0. The summed E-state index contributed by atoms with van der Waals surface area (Å²) in [5.74, 6) is 0.695. The van der Waals surface area contributed by atoms with Crippen LogP contribution in [0.25, 0.3) is 0 Å². The molecule has 0 atom stereocenters. The molecular formula is C11H15N3O2. The maximum Gasteiger partial charge on any atom is 0.225 e. The molecule has 1 saturated heterocycles. The van der Waals surface area contributed by atoms with Crippen LogP contribution in [0.15, 0.2) is 12.4 Å². The maximum atomic E-state index is 10.5. The average Bonchev–Trinajstić information content (AvgIpc) is 2.39. The number of carbonyl (C=O) groups is 1. The van der Waals surface area contributed by atoms with E-state index in [4.69, 9.17) is 4.74 Å². The van der Waals surface area contributed by atoms with Gasteiger partial charge in [-0.2, -0.15) is 0 Å². The standard InChI is InChI=1S/C11H15N3O2/c1-16-10-2-4-14(5-3-10)11-12-6-9(8-15)7-13-11/h6-8,10H,2-5H2,1H3. The summed E-state index contributed by atoms with van der Waals surface area (Å²) >= 11 is 0. The Hall–Kier alpha value is -1.49. The predicted molar refractivity (Wildman–Crippen MR) is 59.7 cm³/mol. The zero-order valence-corrected chi connectivity index (χ0v) is 9.30. The molecule has 0 N–H and O–H groups in total. The molecule has 1 aromatic heterocycles. The summed E-state index contributed by atoms with van der Waals surface area (Å²) in [5, 5.41) is 0. The largest absolute Gasteiger partial charge is 0.381 e. The van der Waals surface area contributed by atoms with Gasteiger partial charge in [-0.1, -0.05) is 0 Å². The maximum absolute atomic E-state index is 10.5. The first-order valence-corrected chi connectivity index (χ1v) is 5.38. The van der Waals surface area contributed by atoms with Gasteiger partial charge in [0.2, 0.25) is 5.95 Å². The molecule has 16 heavy (non-hydrogen) atoms. The second-order valence-electron chi connectivity index (χ2n) is 3.86. The second kappa shape index (κ2) is 5.03. The molecular weight excluding hydrogens is 206 g/mol. The average molecular weight is 221 g/mol. The molecule has 2 rings (SSSR count). The molecule has 0 spiro atoms. The Labute approximate surface area is 94.5 Å². The molecule has 0 aliphatic carbocycles. The van der Waals surface area contributed by atoms with Gasteiger partial charge in [-0.15, -0.1) is 0 Å². The molecule has 1 fully saturated rings. The van der Waals surface area contributed by atoms with Crippen molar-refractivity contribution in [2.24, 2.45) is 0 Å². The Kier molecular flexibility index (Phi) is 3.46. The number of hydrogen-bond donors (Lipinski definition) is 0. The van der Waals surface area contributed by atoms with Gasteiger partial charge in [-0.3, -0.25) is 4.79 Å². The van der Waals surface area contributed by atoms with Gasteiger partial charge in [-0.05, 0) is 12.8 Å². The molecule has 1 aliphatic rings. The molecule has 1 aromatic rings. The lowest BCUT2D eigenvalue weighted by atomic mass is 10.1. The van der Waals surface area contributed by atoms with Crippen molar-refractivity contribution < 1.29 is 9.53 Å². The molecule has 0 saturated carbocycles.